The van der Waals surface area contributed by atoms with E-state index in [4.69, 9.17) is 15.3 Å². The van der Waals surface area contributed by atoms with Crippen LogP contribution in [0.3, 0.4) is 0 Å². The van der Waals surface area contributed by atoms with Crippen molar-refractivity contribution < 1.29 is 72.5 Å². The molecule has 0 atom stereocenters. The van der Waals surface area contributed by atoms with Crippen LogP contribution in [0, 0.1) is 0 Å². The van der Waals surface area contributed by atoms with E-state index in [0.717, 1.165) is 58.8 Å². The van der Waals surface area contributed by atoms with Crippen molar-refractivity contribution in [1.82, 2.24) is 0 Å². The van der Waals surface area contributed by atoms with E-state index in [0.29, 0.717) is 12.8 Å². The largest absolute Gasteiger partial charge is 1.00 e. The first-order valence-electron chi connectivity index (χ1n) is 12.4. The lowest BCUT2D eigenvalue weighted by Gasteiger charge is -2.21. The van der Waals surface area contributed by atoms with Gasteiger partial charge in [-0.2, -0.15) is 0 Å². The third kappa shape index (κ3) is 69.9. The Labute approximate surface area is 238 Å². The number of nitrogens with zero attached hydrogens (tertiary/aromatic N) is 3. The molecule has 0 spiro atoms. The number of rotatable bonds is 15. The molecule has 36 heavy (non-hydrogen) atoms. The molecule has 3 N–H and O–H groups in total. The molecule has 0 heterocycles. The normalized spacial score (nSPS) is 10.9. The summed E-state index contributed by atoms with van der Waals surface area (Å²) in [6.45, 7) is 3.34. The molecule has 0 bridgehead atoms. The van der Waals surface area contributed by atoms with Gasteiger partial charge in [-0.05, 0) is 25.7 Å². The zero-order chi connectivity index (χ0) is 28.6. The number of quaternary nitrogens is 3. The van der Waals surface area contributed by atoms with Crippen molar-refractivity contribution in [3.05, 3.63) is 0 Å². The Morgan fingerprint density at radius 2 is 0.694 bits per heavy atom. The van der Waals surface area contributed by atoms with Crippen LogP contribution in [0.4, 0.5) is 0 Å². The summed E-state index contributed by atoms with van der Waals surface area (Å²) >= 11 is 0. The number of carbonyl (C=O) groups is 2. The molecule has 10 nitrogen and oxygen atoms in total. The maximum atomic E-state index is 10.0. The van der Waals surface area contributed by atoms with Crippen LogP contribution < -0.4 is 34.2 Å². The molecule has 0 saturated heterocycles. The molecule has 0 amide bonds. The molecule has 0 aromatic carbocycles. The molecule has 0 saturated carbocycles. The number of hydrogen-bond acceptors (Lipinski definition) is 7. The zero-order valence-corrected chi connectivity index (χ0v) is 26.8. The number of halogens is 1. The van der Waals surface area contributed by atoms with Crippen LogP contribution in [0.5, 0.6) is 0 Å². The van der Waals surface area contributed by atoms with E-state index in [1.54, 1.807) is 0 Å². The highest BCUT2D eigenvalue weighted by Crippen LogP contribution is 2.07. The van der Waals surface area contributed by atoms with E-state index in [1.807, 2.05) is 0 Å². The Kier molecular flexibility index (Phi) is 34.6. The maximum Gasteiger partial charge on any atom is 0.101 e. The van der Waals surface area contributed by atoms with Crippen LogP contribution in [0.2, 0.25) is 0 Å². The van der Waals surface area contributed by atoms with Gasteiger partial charge in [0.15, 0.2) is 0 Å². The first-order valence-corrected chi connectivity index (χ1v) is 12.4. The SMILES string of the molecule is C[N+](C)(C)CCO.C[N+](C)(C)CCO.C[N+](C)(C)CCO.O=C([O-])CCCCCCCCC(=O)[O-].[I-]. The lowest BCUT2D eigenvalue weighted by atomic mass is 10.1. The highest BCUT2D eigenvalue weighted by Gasteiger charge is 2.03. The average Bonchev–Trinajstić information content (AvgIpc) is 2.62. The highest BCUT2D eigenvalue weighted by atomic mass is 127. The topological polar surface area (TPSA) is 141 Å². The summed E-state index contributed by atoms with van der Waals surface area (Å²) in [5.74, 6) is -2.00. The number of aliphatic carboxylic acids is 2. The molecule has 11 heteroatoms. The van der Waals surface area contributed by atoms with Gasteiger partial charge in [-0.1, -0.05) is 25.7 Å². The Morgan fingerprint density at radius 1 is 0.500 bits per heavy atom. The second-order valence-corrected chi connectivity index (χ2v) is 11.6. The number of unbranched alkanes of at least 4 members (excludes halogenated alkanes) is 5. The summed E-state index contributed by atoms with van der Waals surface area (Å²) in [5, 5.41) is 45.2. The van der Waals surface area contributed by atoms with E-state index in [9.17, 15) is 19.8 Å². The van der Waals surface area contributed by atoms with Gasteiger partial charge in [0.2, 0.25) is 0 Å². The molecule has 0 unspecified atom stereocenters. The lowest BCUT2D eigenvalue weighted by molar-refractivity contribution is -0.870. The van der Waals surface area contributed by atoms with Gasteiger partial charge in [0, 0.05) is 11.9 Å². The van der Waals surface area contributed by atoms with E-state index in [2.05, 4.69) is 63.4 Å². The van der Waals surface area contributed by atoms with Crippen LogP contribution >= 0.6 is 0 Å². The van der Waals surface area contributed by atoms with Crippen molar-refractivity contribution in [3.63, 3.8) is 0 Å². The van der Waals surface area contributed by atoms with Gasteiger partial charge in [0.05, 0.1) is 83.2 Å². The molecule has 0 aliphatic rings. The van der Waals surface area contributed by atoms with E-state index in [1.165, 1.54) is 0 Å². The van der Waals surface area contributed by atoms with Crippen LogP contribution in [0.15, 0.2) is 0 Å². The van der Waals surface area contributed by atoms with E-state index >= 15 is 0 Å². The third-order valence-corrected chi connectivity index (χ3v) is 4.32. The summed E-state index contributed by atoms with van der Waals surface area (Å²) in [5.41, 5.74) is 0. The van der Waals surface area contributed by atoms with Crippen molar-refractivity contribution in [3.8, 4) is 0 Å². The molecule has 0 fully saturated rings. The van der Waals surface area contributed by atoms with Gasteiger partial charge in [0.1, 0.15) is 19.6 Å². The predicted octanol–water partition coefficient (Wildman–Crippen LogP) is -4.33. The fourth-order valence-corrected chi connectivity index (χ4v) is 2.15. The Balaban J connectivity index is -0.000000125. The van der Waals surface area contributed by atoms with E-state index in [-0.39, 0.29) is 56.6 Å². The Hall–Kier alpha value is -0.570. The molecule has 0 aromatic heterocycles. The first-order chi connectivity index (χ1) is 15.8. The molecule has 0 aromatic rings. The van der Waals surface area contributed by atoms with Gasteiger partial charge < -0.3 is 72.5 Å². The highest BCUT2D eigenvalue weighted by molar-refractivity contribution is 5.64. The maximum absolute atomic E-state index is 10.0. The van der Waals surface area contributed by atoms with Crippen LogP contribution in [-0.2, 0) is 9.59 Å². The van der Waals surface area contributed by atoms with Gasteiger partial charge in [-0.3, -0.25) is 0 Å². The van der Waals surface area contributed by atoms with Crippen LogP contribution in [0.25, 0.3) is 0 Å². The minimum atomic E-state index is -0.998. The predicted molar refractivity (Wildman–Crippen MR) is 137 cm³/mol. The van der Waals surface area contributed by atoms with Crippen molar-refractivity contribution in [2.24, 2.45) is 0 Å². The van der Waals surface area contributed by atoms with Gasteiger partial charge in [-0.25, -0.2) is 0 Å². The second kappa shape index (κ2) is 27.5. The van der Waals surface area contributed by atoms with Crippen LogP contribution in [-0.4, -0.2) is 144 Å². The Morgan fingerprint density at radius 3 is 0.806 bits per heavy atom. The summed E-state index contributed by atoms with van der Waals surface area (Å²) in [7, 11) is 18.5. The summed E-state index contributed by atoms with van der Waals surface area (Å²) in [6, 6.07) is 0. The van der Waals surface area contributed by atoms with Crippen molar-refractivity contribution in [2.75, 3.05) is 103 Å². The quantitative estimate of drug-likeness (QED) is 0.0936. The fraction of sp³-hybridized carbons (Fsp3) is 0.920. The molecule has 0 rings (SSSR count). The Bertz CT molecular complexity index is 431. The third-order valence-electron chi connectivity index (χ3n) is 4.32. The van der Waals surface area contributed by atoms with Gasteiger partial charge in [-0.15, -0.1) is 0 Å². The number of carboxylic acids is 2. The van der Waals surface area contributed by atoms with Crippen molar-refractivity contribution in [2.45, 2.75) is 51.4 Å². The zero-order valence-electron chi connectivity index (χ0n) is 24.6. The number of aliphatic hydroxyl groups is 3. The summed E-state index contributed by atoms with van der Waals surface area (Å²) in [4.78, 5) is 20.1. The fourth-order valence-electron chi connectivity index (χ4n) is 2.15. The molecule has 0 aliphatic heterocycles. The molecular weight excluding hydrogens is 581 g/mol. The first kappa shape index (κ1) is 45.4. The second-order valence-electron chi connectivity index (χ2n) is 11.6. The number of aliphatic hydroxyl groups excluding tert-OH is 3. The number of carboxylic acid groups (broad SMARTS) is 2. The van der Waals surface area contributed by atoms with Crippen molar-refractivity contribution in [1.29, 1.82) is 0 Å². The number of hydrogen-bond donors (Lipinski definition) is 3. The summed E-state index contributed by atoms with van der Waals surface area (Å²) in [6.07, 6.45) is 5.23. The molecule has 0 radical (unpaired) electrons. The minimum Gasteiger partial charge on any atom is -1.00 e. The standard InChI is InChI=1S/C10H18O4.3C5H14NO.HI/c11-9(12)7-5-3-1-2-4-6-8-10(13)14;3*1-6(2,3)4-5-7;/h1-8H2,(H,11,12)(H,13,14);3*7H,4-5H2,1-3H3;1H/q;3*+1;/p-3. The number of likely N-dealkylation sites (N-methyl/N-ethyl adjacent to an activating group) is 3. The van der Waals surface area contributed by atoms with Gasteiger partial charge >= 0.3 is 0 Å². The molecule has 0 aliphatic carbocycles. The van der Waals surface area contributed by atoms with Crippen LogP contribution in [0.1, 0.15) is 51.4 Å². The van der Waals surface area contributed by atoms with E-state index < -0.39 is 11.9 Å². The monoisotopic (exact) mass is 639 g/mol. The van der Waals surface area contributed by atoms with Crippen molar-refractivity contribution >= 4 is 11.9 Å². The smallest absolute Gasteiger partial charge is 0.101 e. The molecular formula is C25H58IN3O7. The summed E-state index contributed by atoms with van der Waals surface area (Å²) < 4.78 is 2.53. The van der Waals surface area contributed by atoms with Gasteiger partial charge in [0.25, 0.3) is 0 Å². The lowest BCUT2D eigenvalue weighted by Crippen LogP contribution is -3.00. The minimum absolute atomic E-state index is 0. The number of carbonyl (C=O) groups excluding carboxylic acids is 2. The average molecular weight is 640 g/mol. The molecule has 222 valence electrons.